The maximum atomic E-state index is 10.4. The highest BCUT2D eigenvalue weighted by atomic mass is 16.5. The van der Waals surface area contributed by atoms with Crippen LogP contribution in [0.5, 0.6) is 0 Å². The normalized spacial score (nSPS) is 17.9. The maximum absolute atomic E-state index is 10.4. The Labute approximate surface area is 155 Å². The van der Waals surface area contributed by atoms with Crippen LogP contribution >= 0.6 is 0 Å². The van der Waals surface area contributed by atoms with E-state index in [-0.39, 0.29) is 6.61 Å². The molecule has 26 heavy (non-hydrogen) atoms. The van der Waals surface area contributed by atoms with Gasteiger partial charge in [0.05, 0.1) is 19.3 Å². The third-order valence-electron chi connectivity index (χ3n) is 4.72. The molecule has 5 atom stereocenters. The Kier molecular flexibility index (Phi) is 9.43. The Balaban J connectivity index is 2.86. The molecule has 6 heteroatoms. The van der Waals surface area contributed by atoms with Crippen molar-refractivity contribution in [1.29, 1.82) is 0 Å². The van der Waals surface area contributed by atoms with Crippen LogP contribution in [0.1, 0.15) is 35.6 Å². The lowest BCUT2D eigenvalue weighted by Crippen LogP contribution is -2.50. The van der Waals surface area contributed by atoms with Crippen LogP contribution in [0, 0.1) is 20.8 Å². The van der Waals surface area contributed by atoms with E-state index in [1.54, 1.807) is 12.2 Å². The number of aliphatic hydroxyl groups excluding tert-OH is 5. The van der Waals surface area contributed by atoms with Gasteiger partial charge in [-0.3, -0.25) is 0 Å². The van der Waals surface area contributed by atoms with Crippen LogP contribution in [-0.2, 0) is 11.3 Å². The molecule has 1 aromatic rings. The summed E-state index contributed by atoms with van der Waals surface area (Å²) < 4.78 is 5.81. The van der Waals surface area contributed by atoms with Gasteiger partial charge in [0, 0.05) is 0 Å². The smallest absolute Gasteiger partial charge is 0.111 e. The van der Waals surface area contributed by atoms with E-state index in [1.807, 2.05) is 32.9 Å². The van der Waals surface area contributed by atoms with Gasteiger partial charge < -0.3 is 30.3 Å². The van der Waals surface area contributed by atoms with Crippen molar-refractivity contribution in [2.75, 3.05) is 6.61 Å². The average Bonchev–Trinajstić information content (AvgIpc) is 2.63. The highest BCUT2D eigenvalue weighted by Gasteiger charge is 2.34. The molecule has 5 unspecified atom stereocenters. The minimum atomic E-state index is -1.67. The zero-order chi connectivity index (χ0) is 19.9. The molecule has 0 spiro atoms. The second-order valence-electron chi connectivity index (χ2n) is 6.73. The van der Waals surface area contributed by atoms with Gasteiger partial charge in [-0.25, -0.2) is 0 Å². The van der Waals surface area contributed by atoms with E-state index in [4.69, 9.17) is 9.84 Å². The quantitative estimate of drug-likeness (QED) is 0.393. The number of benzene rings is 1. The largest absolute Gasteiger partial charge is 0.394 e. The first-order chi connectivity index (χ1) is 12.2. The van der Waals surface area contributed by atoms with Crippen LogP contribution in [-0.4, -0.2) is 62.7 Å². The topological polar surface area (TPSA) is 110 Å². The van der Waals surface area contributed by atoms with Crippen molar-refractivity contribution in [3.8, 4) is 0 Å². The lowest BCUT2D eigenvalue weighted by molar-refractivity contribution is -0.152. The van der Waals surface area contributed by atoms with E-state index in [2.05, 4.69) is 6.92 Å². The summed E-state index contributed by atoms with van der Waals surface area (Å²) in [6.07, 6.45) is -3.12. The molecule has 0 saturated heterocycles. The first-order valence-electron chi connectivity index (χ1n) is 8.85. The monoisotopic (exact) mass is 368 g/mol. The summed E-state index contributed by atoms with van der Waals surface area (Å²) in [6, 6.07) is 4.03. The van der Waals surface area contributed by atoms with E-state index >= 15 is 0 Å². The summed E-state index contributed by atoms with van der Waals surface area (Å²) in [5.41, 5.74) is 4.47. The number of ether oxygens (including phenoxy) is 1. The fourth-order valence-electron chi connectivity index (χ4n) is 2.75. The molecule has 0 bridgehead atoms. The summed E-state index contributed by atoms with van der Waals surface area (Å²) in [4.78, 5) is 0. The van der Waals surface area contributed by atoms with Gasteiger partial charge in [0.2, 0.25) is 0 Å². The number of allylic oxidation sites excluding steroid dienone is 1. The van der Waals surface area contributed by atoms with Gasteiger partial charge in [-0.2, -0.15) is 0 Å². The van der Waals surface area contributed by atoms with Gasteiger partial charge in [0.1, 0.15) is 24.4 Å². The summed E-state index contributed by atoms with van der Waals surface area (Å²) >= 11 is 0. The molecule has 0 heterocycles. The number of aliphatic hydroxyl groups is 5. The molecule has 0 fully saturated rings. The minimum absolute atomic E-state index is 0.243. The van der Waals surface area contributed by atoms with Gasteiger partial charge in [0.25, 0.3) is 0 Å². The molecule has 0 saturated carbocycles. The molecule has 0 amide bonds. The third kappa shape index (κ3) is 6.16. The molecule has 0 aromatic heterocycles. The van der Waals surface area contributed by atoms with Crippen molar-refractivity contribution >= 4 is 0 Å². The second-order valence-corrected chi connectivity index (χ2v) is 6.73. The van der Waals surface area contributed by atoms with Crippen molar-refractivity contribution in [1.82, 2.24) is 0 Å². The van der Waals surface area contributed by atoms with Crippen LogP contribution in [0.2, 0.25) is 0 Å². The van der Waals surface area contributed by atoms with Crippen LogP contribution in [0.25, 0.3) is 0 Å². The van der Waals surface area contributed by atoms with Crippen molar-refractivity contribution in [3.63, 3.8) is 0 Å². The summed E-state index contributed by atoms with van der Waals surface area (Å²) in [6.45, 7) is 7.46. The molecular formula is C20H32O6. The Hall–Kier alpha value is -1.28. The fraction of sp³-hybridized carbons (Fsp3) is 0.600. The molecule has 0 radical (unpaired) electrons. The average molecular weight is 368 g/mol. The highest BCUT2D eigenvalue weighted by molar-refractivity contribution is 5.36. The number of rotatable bonds is 10. The first-order valence-corrected chi connectivity index (χ1v) is 8.85. The lowest BCUT2D eigenvalue weighted by atomic mass is 9.97. The summed E-state index contributed by atoms with van der Waals surface area (Å²) in [7, 11) is 0. The minimum Gasteiger partial charge on any atom is -0.394 e. The van der Waals surface area contributed by atoms with E-state index in [9.17, 15) is 20.4 Å². The molecule has 5 N–H and O–H groups in total. The van der Waals surface area contributed by atoms with Crippen LogP contribution in [0.3, 0.4) is 0 Å². The van der Waals surface area contributed by atoms with Crippen molar-refractivity contribution in [2.24, 2.45) is 0 Å². The van der Waals surface area contributed by atoms with Crippen LogP contribution < -0.4 is 0 Å². The molecule has 0 aliphatic carbocycles. The van der Waals surface area contributed by atoms with Crippen LogP contribution in [0.15, 0.2) is 24.3 Å². The van der Waals surface area contributed by atoms with E-state index in [0.717, 1.165) is 16.7 Å². The molecular weight excluding hydrogens is 336 g/mol. The molecule has 1 rings (SSSR count). The number of aryl methyl sites for hydroxylation is 2. The molecule has 0 aliphatic rings. The maximum Gasteiger partial charge on any atom is 0.111 e. The molecule has 0 aliphatic heterocycles. The fourth-order valence-corrected chi connectivity index (χ4v) is 2.75. The lowest BCUT2D eigenvalue weighted by Gasteiger charge is -2.30. The van der Waals surface area contributed by atoms with Crippen molar-refractivity contribution in [3.05, 3.63) is 46.5 Å². The standard InChI is InChI=1S/C20H32O6/c1-5-6-7-17(19(24)20(25)18(23)16(22)10-21)26-11-15-8-12(2)14(4)13(3)9-15/h5-6,8-9,16-25H,7,10-11H2,1-4H3. The number of hydrogen-bond donors (Lipinski definition) is 5. The van der Waals surface area contributed by atoms with E-state index in [0.29, 0.717) is 6.42 Å². The van der Waals surface area contributed by atoms with Gasteiger partial charge in [-0.1, -0.05) is 24.3 Å². The Bertz CT molecular complexity index is 563. The summed E-state index contributed by atoms with van der Waals surface area (Å²) in [5, 5.41) is 48.7. The Morgan fingerprint density at radius 2 is 1.54 bits per heavy atom. The first kappa shape index (κ1) is 22.8. The Morgan fingerprint density at radius 3 is 2.04 bits per heavy atom. The highest BCUT2D eigenvalue weighted by Crippen LogP contribution is 2.19. The molecule has 148 valence electrons. The predicted octanol–water partition coefficient (Wildman–Crippen LogP) is 0.899. The second kappa shape index (κ2) is 10.8. The van der Waals surface area contributed by atoms with Crippen LogP contribution in [0.4, 0.5) is 0 Å². The van der Waals surface area contributed by atoms with E-state index in [1.165, 1.54) is 5.56 Å². The predicted molar refractivity (Wildman–Crippen MR) is 99.8 cm³/mol. The zero-order valence-electron chi connectivity index (χ0n) is 16.0. The van der Waals surface area contributed by atoms with Gasteiger partial charge >= 0.3 is 0 Å². The molecule has 1 aromatic carbocycles. The number of hydrogen-bond acceptors (Lipinski definition) is 6. The van der Waals surface area contributed by atoms with Gasteiger partial charge in [-0.15, -0.1) is 0 Å². The van der Waals surface area contributed by atoms with E-state index < -0.39 is 37.1 Å². The zero-order valence-corrected chi connectivity index (χ0v) is 16.0. The summed E-state index contributed by atoms with van der Waals surface area (Å²) in [5.74, 6) is 0. The van der Waals surface area contributed by atoms with Gasteiger partial charge in [0.15, 0.2) is 0 Å². The van der Waals surface area contributed by atoms with Crippen molar-refractivity contribution in [2.45, 2.75) is 71.2 Å². The van der Waals surface area contributed by atoms with Crippen molar-refractivity contribution < 1.29 is 30.3 Å². The van der Waals surface area contributed by atoms with Gasteiger partial charge in [-0.05, 0) is 56.4 Å². The Morgan fingerprint density at radius 1 is 0.962 bits per heavy atom. The molecule has 6 nitrogen and oxygen atoms in total. The third-order valence-corrected chi connectivity index (χ3v) is 4.72. The SMILES string of the molecule is CC=CCC(OCc1cc(C)c(C)c(C)c1)C(O)C(O)C(O)C(O)CO.